The molecule has 0 bridgehead atoms. The molecule has 0 spiro atoms. The predicted octanol–water partition coefficient (Wildman–Crippen LogP) is 7.84. The Hall–Kier alpha value is -7.25. The van der Waals surface area contributed by atoms with E-state index in [9.17, 15) is 34.2 Å². The van der Waals surface area contributed by atoms with Crippen molar-refractivity contribution in [1.82, 2.24) is 50.9 Å². The van der Waals surface area contributed by atoms with Crippen LogP contribution in [0.2, 0.25) is 0 Å². The Bertz CT molecular complexity index is 3300. The number of nitrogens with zero attached hydrogens (tertiary/aromatic N) is 9. The van der Waals surface area contributed by atoms with E-state index in [2.05, 4.69) is 41.1 Å². The van der Waals surface area contributed by atoms with Crippen LogP contribution in [0.15, 0.2) is 80.7 Å². The first-order chi connectivity index (χ1) is 41.4. The van der Waals surface area contributed by atoms with Crippen LogP contribution < -0.4 is 25.8 Å². The third kappa shape index (κ3) is 15.4. The molecule has 0 saturated carbocycles. The van der Waals surface area contributed by atoms with Crippen molar-refractivity contribution in [2.75, 3.05) is 75.2 Å². The molecule has 0 radical (unpaired) electrons. The molecule has 4 fully saturated rings. The number of amides is 5. The average Bonchev–Trinajstić information content (AvgIpc) is 2.24. The van der Waals surface area contributed by atoms with Crippen LogP contribution in [-0.4, -0.2) is 170 Å². The lowest BCUT2D eigenvalue weighted by atomic mass is 9.91. The summed E-state index contributed by atoms with van der Waals surface area (Å²) >= 11 is 3.19. The maximum atomic E-state index is 14.1. The number of benzene rings is 2. The second kappa shape index (κ2) is 27.8. The second-order valence-corrected chi connectivity index (χ2v) is 26.5. The second-order valence-electron chi connectivity index (χ2n) is 24.8. The molecule has 4 aromatic heterocycles. The number of likely N-dealkylation sites (tertiary alicyclic amines) is 2. The van der Waals surface area contributed by atoms with Gasteiger partial charge in [0.1, 0.15) is 29.5 Å². The topological polar surface area (TPSA) is 265 Å². The first-order valence-corrected chi connectivity index (χ1v) is 31.9. The smallest absolute Gasteiger partial charge is 0.410 e. The summed E-state index contributed by atoms with van der Waals surface area (Å²) in [4.78, 5) is 87.2. The molecule has 8 atom stereocenters. The zero-order valence-corrected chi connectivity index (χ0v) is 53.3. The molecule has 0 unspecified atom stereocenters. The fourth-order valence-corrected chi connectivity index (χ4v) is 13.3. The lowest BCUT2D eigenvalue weighted by Crippen LogP contribution is -2.50. The third-order valence-corrected chi connectivity index (χ3v) is 18.4. The number of carbonyl (C=O) groups excluding carboxylic acids is 5. The number of hydrogen-bond acceptors (Lipinski definition) is 19. The third-order valence-electron chi connectivity index (χ3n) is 16.5. The number of rotatable bonds is 16. The number of β-amino-alcohol motifs (C(OH)–C–C–N with tert-alkyl or cyclic N) is 2. The lowest BCUT2D eigenvalue weighted by Gasteiger charge is -2.35. The van der Waals surface area contributed by atoms with Crippen molar-refractivity contribution in [3.63, 3.8) is 0 Å². The monoisotopic (exact) mass is 1230 g/mol. The van der Waals surface area contributed by atoms with Gasteiger partial charge in [-0.15, -0.1) is 22.7 Å². The van der Waals surface area contributed by atoms with Gasteiger partial charge in [-0.3, -0.25) is 19.2 Å². The predicted molar refractivity (Wildman–Crippen MR) is 333 cm³/mol. The fourth-order valence-electron chi connectivity index (χ4n) is 11.7. The van der Waals surface area contributed by atoms with E-state index in [0.29, 0.717) is 43.5 Å². The van der Waals surface area contributed by atoms with E-state index in [-0.39, 0.29) is 79.6 Å². The zero-order valence-electron chi connectivity index (χ0n) is 51.7. The Balaban J connectivity index is 0.000000210. The number of aliphatic hydroxyl groups is 2. The van der Waals surface area contributed by atoms with Gasteiger partial charge in [0.25, 0.3) is 0 Å². The summed E-state index contributed by atoms with van der Waals surface area (Å²) in [5.41, 5.74) is 9.12. The molecule has 2 aromatic carbocycles. The molecule has 5 N–H and O–H groups in total. The van der Waals surface area contributed by atoms with Crippen LogP contribution in [0.3, 0.4) is 0 Å². The van der Waals surface area contributed by atoms with E-state index in [1.807, 2.05) is 147 Å². The molecule has 22 nitrogen and oxygen atoms in total. The summed E-state index contributed by atoms with van der Waals surface area (Å²) < 4.78 is 16.9. The first kappa shape index (κ1) is 64.2. The molecule has 6 aromatic rings. The largest absolute Gasteiger partial charge is 0.444 e. The molecule has 10 rings (SSSR count). The molecule has 4 saturated heterocycles. The summed E-state index contributed by atoms with van der Waals surface area (Å²) in [5.74, 6) is -0.457. The number of carbonyl (C=O) groups is 5. The standard InChI is InChI=1S/C34H46N6O6S.C29H38N6O4S/c1-20(2)29(27-17-28(37-46-27)38-12-14-39(15-13-38)33(44)45-34(5,6)7)32(43)40-18-25(41)16-26(40)31(42)36-21(3)23-8-10-24(11-9-23)30-22(4)35-19-47-30;1-17(2)26(24-14-25(33-39-24)34-11-9-30-10-12-34)29(38)35-15-22(36)13-23(35)28(37)32-18(3)20-5-7-21(8-6-20)27-19(4)31-16-40-27/h8-11,17,19-21,25-26,29,41H,12-16,18H2,1-7H3,(H,36,42);5-8,14,16-18,22-23,26,30,36H,9-13,15H2,1-4H3,(H,32,37)/t21-,25+,26-,29+;18-,22+,23-,26+/m00/s1. The van der Waals surface area contributed by atoms with Gasteiger partial charge in [-0.05, 0) is 82.6 Å². The molecule has 4 aliphatic rings. The highest BCUT2D eigenvalue weighted by Gasteiger charge is 2.46. The summed E-state index contributed by atoms with van der Waals surface area (Å²) in [5, 5.41) is 39.0. The number of aliphatic hydroxyl groups excluding tert-OH is 2. The molecule has 87 heavy (non-hydrogen) atoms. The minimum atomic E-state index is -0.816. The van der Waals surface area contributed by atoms with Crippen LogP contribution in [0.25, 0.3) is 20.9 Å². The van der Waals surface area contributed by atoms with Gasteiger partial charge >= 0.3 is 6.09 Å². The highest BCUT2D eigenvalue weighted by atomic mass is 32.1. The van der Waals surface area contributed by atoms with Crippen molar-refractivity contribution in [2.24, 2.45) is 11.8 Å². The van der Waals surface area contributed by atoms with E-state index < -0.39 is 41.7 Å². The molecule has 4 aliphatic heterocycles. The Morgan fingerprint density at radius 3 is 1.39 bits per heavy atom. The Morgan fingerprint density at radius 1 is 0.621 bits per heavy atom. The molecule has 0 aliphatic carbocycles. The minimum Gasteiger partial charge on any atom is -0.444 e. The summed E-state index contributed by atoms with van der Waals surface area (Å²) in [6.07, 6.45) is -1.57. The number of thiazole rings is 2. The highest BCUT2D eigenvalue weighted by molar-refractivity contribution is 7.13. The van der Waals surface area contributed by atoms with Gasteiger partial charge in [-0.1, -0.05) is 86.5 Å². The summed E-state index contributed by atoms with van der Waals surface area (Å²) in [6, 6.07) is 17.5. The molecular weight excluding hydrogens is 1150 g/mol. The van der Waals surface area contributed by atoms with Crippen molar-refractivity contribution in [3.8, 4) is 20.9 Å². The molecule has 468 valence electrons. The zero-order chi connectivity index (χ0) is 62.4. The van der Waals surface area contributed by atoms with Crippen LogP contribution >= 0.6 is 22.7 Å². The van der Waals surface area contributed by atoms with E-state index in [0.717, 1.165) is 75.4 Å². The van der Waals surface area contributed by atoms with Gasteiger partial charge in [0.2, 0.25) is 23.6 Å². The maximum Gasteiger partial charge on any atom is 0.410 e. The normalized spacial score (nSPS) is 20.5. The van der Waals surface area contributed by atoms with Gasteiger partial charge in [-0.25, -0.2) is 14.8 Å². The Kier molecular flexibility index (Phi) is 20.6. The van der Waals surface area contributed by atoms with Crippen LogP contribution in [0.1, 0.15) is 133 Å². The number of piperazine rings is 2. The quantitative estimate of drug-likeness (QED) is 0.0618. The number of nitrogens with one attached hydrogen (secondary N) is 3. The van der Waals surface area contributed by atoms with Crippen molar-refractivity contribution < 1.29 is 48.0 Å². The van der Waals surface area contributed by atoms with Gasteiger partial charge < -0.3 is 64.4 Å². The number of aryl methyl sites for hydroxylation is 2. The average molecular weight is 1230 g/mol. The molecule has 8 heterocycles. The summed E-state index contributed by atoms with van der Waals surface area (Å²) in [6.45, 7) is 26.6. The van der Waals surface area contributed by atoms with Crippen molar-refractivity contribution in [2.45, 2.75) is 143 Å². The van der Waals surface area contributed by atoms with E-state index in [1.54, 1.807) is 33.6 Å². The number of hydrogen-bond donors (Lipinski definition) is 5. The number of aromatic nitrogens is 4. The maximum absolute atomic E-state index is 14.1. The summed E-state index contributed by atoms with van der Waals surface area (Å²) in [7, 11) is 0. The SMILES string of the molecule is Cc1ncsc1-c1ccc([C@H](C)NC(=O)[C@@H]2C[C@@H](O)CN2C(=O)[C@@H](c2cc(N3CCN(C(=O)OC(C)(C)C)CC3)no2)C(C)C)cc1.Cc1ncsc1-c1ccc([C@H](C)NC(=O)[C@@H]2C[C@@H](O)CN2C(=O)[C@@H](c2cc(N3CCNCC3)no2)C(C)C)cc1. The van der Waals surface area contributed by atoms with Gasteiger partial charge in [0.15, 0.2) is 23.2 Å². The van der Waals surface area contributed by atoms with Gasteiger partial charge in [-0.2, -0.15) is 0 Å². The van der Waals surface area contributed by atoms with Crippen molar-refractivity contribution in [3.05, 3.63) is 106 Å². The van der Waals surface area contributed by atoms with Crippen LogP contribution in [0, 0.1) is 25.7 Å². The molecular formula is C63H84N12O10S2. The highest BCUT2D eigenvalue weighted by Crippen LogP contribution is 2.36. The van der Waals surface area contributed by atoms with E-state index in [4.69, 9.17) is 13.8 Å². The Labute approximate surface area is 517 Å². The lowest BCUT2D eigenvalue weighted by molar-refractivity contribution is -0.141. The molecule has 5 amide bonds. The van der Waals surface area contributed by atoms with Crippen LogP contribution in [0.5, 0.6) is 0 Å². The Morgan fingerprint density at radius 2 is 1.02 bits per heavy atom. The number of anilines is 2. The van der Waals surface area contributed by atoms with Gasteiger partial charge in [0.05, 0.1) is 56.5 Å². The van der Waals surface area contributed by atoms with Crippen molar-refractivity contribution >= 4 is 64.0 Å². The first-order valence-electron chi connectivity index (χ1n) is 30.1. The van der Waals surface area contributed by atoms with E-state index in [1.165, 1.54) is 9.80 Å². The minimum absolute atomic E-state index is 0.0606. The molecule has 24 heteroatoms. The van der Waals surface area contributed by atoms with Crippen LogP contribution in [0.4, 0.5) is 16.4 Å². The van der Waals surface area contributed by atoms with Crippen LogP contribution in [-0.2, 0) is 23.9 Å². The van der Waals surface area contributed by atoms with Crippen molar-refractivity contribution in [1.29, 1.82) is 0 Å². The number of ether oxygens (including phenoxy) is 1. The van der Waals surface area contributed by atoms with E-state index >= 15 is 0 Å². The fraction of sp³-hybridized carbons (Fsp3) is 0.540. The van der Waals surface area contributed by atoms with Gasteiger partial charge in [0, 0.05) is 90.4 Å².